The number of rotatable bonds is 3. The van der Waals surface area contributed by atoms with Gasteiger partial charge in [-0.2, -0.15) is 0 Å². The highest BCUT2D eigenvalue weighted by Crippen LogP contribution is 2.44. The smallest absolute Gasteiger partial charge is 0.136 e. The lowest BCUT2D eigenvalue weighted by Crippen LogP contribution is -2.14. The molecule has 0 amide bonds. The molecule has 12 heavy (non-hydrogen) atoms. The van der Waals surface area contributed by atoms with Gasteiger partial charge in [-0.05, 0) is 6.42 Å². The normalized spacial score (nSPS) is 29.7. The van der Waals surface area contributed by atoms with Gasteiger partial charge in [0.25, 0.3) is 0 Å². The molecule has 1 aliphatic heterocycles. The average molecular weight is 204 g/mol. The number of carbonyl (C=O) groups is 1. The first-order chi connectivity index (χ1) is 5.59. The summed E-state index contributed by atoms with van der Waals surface area (Å²) in [5.74, 6) is 0.633. The highest BCUT2D eigenvalue weighted by Gasteiger charge is 2.25. The fourth-order valence-electron chi connectivity index (χ4n) is 1.20. The lowest BCUT2D eigenvalue weighted by atomic mass is 10.0. The van der Waals surface area contributed by atoms with Crippen molar-refractivity contribution in [1.29, 1.82) is 0 Å². The van der Waals surface area contributed by atoms with E-state index in [0.717, 1.165) is 11.7 Å². The number of hydrogen-bond acceptors (Lipinski definition) is 3. The molecule has 0 aliphatic carbocycles. The molecule has 0 saturated carbocycles. The quantitative estimate of drug-likeness (QED) is 0.657. The van der Waals surface area contributed by atoms with E-state index in [9.17, 15) is 4.79 Å². The molecule has 0 bridgehead atoms. The molecule has 0 aromatic carbocycles. The fraction of sp³-hybridized carbons (Fsp3) is 0.889. The second-order valence-corrected chi connectivity index (χ2v) is 6.70. The Morgan fingerprint density at radius 2 is 2.17 bits per heavy atom. The summed E-state index contributed by atoms with van der Waals surface area (Å²) in [6, 6.07) is 0. The molecule has 1 heterocycles. The molecule has 0 aromatic rings. The van der Waals surface area contributed by atoms with Crippen LogP contribution in [0.15, 0.2) is 0 Å². The third kappa shape index (κ3) is 3.02. The first-order valence-corrected chi connectivity index (χ1v) is 6.72. The minimum atomic E-state index is 0.214. The van der Waals surface area contributed by atoms with Crippen LogP contribution < -0.4 is 0 Å². The van der Waals surface area contributed by atoms with Crippen LogP contribution in [-0.4, -0.2) is 16.3 Å². The molecule has 1 nitrogen and oxygen atoms in total. The van der Waals surface area contributed by atoms with Gasteiger partial charge in [-0.1, -0.05) is 42.4 Å². The Hall–Kier alpha value is 0.370. The van der Waals surface area contributed by atoms with Gasteiger partial charge >= 0.3 is 0 Å². The first kappa shape index (κ1) is 10.5. The highest BCUT2D eigenvalue weighted by molar-refractivity contribution is 8.77. The lowest BCUT2D eigenvalue weighted by Gasteiger charge is -2.08. The van der Waals surface area contributed by atoms with Gasteiger partial charge in [0.05, 0.1) is 0 Å². The molecular weight excluding hydrogens is 188 g/mol. The monoisotopic (exact) mass is 204 g/mol. The molecule has 1 aliphatic rings. The Labute approximate surface area is 82.5 Å². The number of hydrogen-bond donors (Lipinski definition) is 0. The van der Waals surface area contributed by atoms with Crippen LogP contribution >= 0.6 is 21.6 Å². The van der Waals surface area contributed by atoms with E-state index < -0.39 is 0 Å². The maximum atomic E-state index is 11.4. The zero-order chi connectivity index (χ0) is 9.14. The molecule has 0 spiro atoms. The Morgan fingerprint density at radius 1 is 1.50 bits per heavy atom. The summed E-state index contributed by atoms with van der Waals surface area (Å²) in [7, 11) is 3.82. The van der Waals surface area contributed by atoms with Crippen LogP contribution in [0.5, 0.6) is 0 Å². The Morgan fingerprint density at radius 3 is 2.58 bits per heavy atom. The van der Waals surface area contributed by atoms with E-state index in [0.29, 0.717) is 11.0 Å². The van der Waals surface area contributed by atoms with Crippen LogP contribution in [0.1, 0.15) is 33.6 Å². The maximum Gasteiger partial charge on any atom is 0.136 e. The van der Waals surface area contributed by atoms with Gasteiger partial charge in [-0.25, -0.2) is 0 Å². The fourth-order valence-corrected chi connectivity index (χ4v) is 4.29. The van der Waals surface area contributed by atoms with Crippen LogP contribution in [0.2, 0.25) is 0 Å². The second-order valence-electron chi connectivity index (χ2n) is 3.69. The number of ketones is 1. The van der Waals surface area contributed by atoms with E-state index in [1.54, 1.807) is 0 Å². The van der Waals surface area contributed by atoms with E-state index >= 15 is 0 Å². The minimum Gasteiger partial charge on any atom is -0.299 e. The number of carbonyl (C=O) groups excluding carboxylic acids is 1. The molecule has 1 fully saturated rings. The summed E-state index contributed by atoms with van der Waals surface area (Å²) in [6.45, 7) is 6.20. The summed E-state index contributed by atoms with van der Waals surface area (Å²) in [5.41, 5.74) is 0. The minimum absolute atomic E-state index is 0.214. The van der Waals surface area contributed by atoms with Crippen molar-refractivity contribution in [2.45, 2.75) is 44.1 Å². The Balaban J connectivity index is 2.28. The van der Waals surface area contributed by atoms with Gasteiger partial charge in [0.1, 0.15) is 5.78 Å². The molecular formula is C9H16OS2. The van der Waals surface area contributed by atoms with E-state index in [2.05, 4.69) is 6.92 Å². The maximum absolute atomic E-state index is 11.4. The van der Waals surface area contributed by atoms with Crippen molar-refractivity contribution in [1.82, 2.24) is 0 Å². The second kappa shape index (κ2) is 4.56. The zero-order valence-electron chi connectivity index (χ0n) is 7.87. The van der Waals surface area contributed by atoms with Gasteiger partial charge in [-0.3, -0.25) is 4.79 Å². The van der Waals surface area contributed by atoms with Crippen LogP contribution in [0.4, 0.5) is 0 Å². The third-order valence-electron chi connectivity index (χ3n) is 2.02. The SMILES string of the molecule is CC1CC(CC(=O)C(C)C)SS1. The summed E-state index contributed by atoms with van der Waals surface area (Å²) in [4.78, 5) is 11.4. The number of Topliss-reactive ketones (excluding diaryl/α,β-unsaturated/α-hetero) is 1. The predicted octanol–water partition coefficient (Wildman–Crippen LogP) is 3.14. The molecule has 2 atom stereocenters. The van der Waals surface area contributed by atoms with Crippen LogP contribution in [0.25, 0.3) is 0 Å². The van der Waals surface area contributed by atoms with Gasteiger partial charge in [0.2, 0.25) is 0 Å². The molecule has 2 unspecified atom stereocenters. The van der Waals surface area contributed by atoms with Crippen molar-refractivity contribution in [3.63, 3.8) is 0 Å². The van der Waals surface area contributed by atoms with Crippen molar-refractivity contribution < 1.29 is 4.79 Å². The van der Waals surface area contributed by atoms with Gasteiger partial charge in [0.15, 0.2) is 0 Å². The van der Waals surface area contributed by atoms with Crippen LogP contribution in [-0.2, 0) is 4.79 Å². The lowest BCUT2D eigenvalue weighted by molar-refractivity contribution is -0.121. The zero-order valence-corrected chi connectivity index (χ0v) is 9.50. The molecule has 0 N–H and O–H groups in total. The standard InChI is InChI=1S/C9H16OS2/c1-6(2)9(10)5-8-4-7(3)11-12-8/h6-8H,4-5H2,1-3H3. The van der Waals surface area contributed by atoms with E-state index in [4.69, 9.17) is 0 Å². The van der Waals surface area contributed by atoms with Crippen molar-refractivity contribution >= 4 is 27.4 Å². The Kier molecular flexibility index (Phi) is 3.97. The van der Waals surface area contributed by atoms with Gasteiger partial charge in [-0.15, -0.1) is 0 Å². The van der Waals surface area contributed by atoms with Crippen molar-refractivity contribution in [2.24, 2.45) is 5.92 Å². The third-order valence-corrected chi connectivity index (χ3v) is 5.42. The predicted molar refractivity (Wildman–Crippen MR) is 57.5 cm³/mol. The summed E-state index contributed by atoms with van der Waals surface area (Å²) in [5, 5.41) is 1.32. The van der Waals surface area contributed by atoms with E-state index in [1.807, 2.05) is 35.4 Å². The molecule has 0 aromatic heterocycles. The summed E-state index contributed by atoms with van der Waals surface area (Å²) >= 11 is 0. The van der Waals surface area contributed by atoms with Crippen molar-refractivity contribution in [3.8, 4) is 0 Å². The van der Waals surface area contributed by atoms with Gasteiger partial charge < -0.3 is 0 Å². The Bertz CT molecular complexity index is 168. The van der Waals surface area contributed by atoms with Gasteiger partial charge in [0, 0.05) is 22.8 Å². The molecule has 1 saturated heterocycles. The summed E-state index contributed by atoms with van der Waals surface area (Å²) in [6.07, 6.45) is 1.98. The van der Waals surface area contributed by atoms with Crippen molar-refractivity contribution in [3.05, 3.63) is 0 Å². The highest BCUT2D eigenvalue weighted by atomic mass is 33.1. The molecule has 1 rings (SSSR count). The topological polar surface area (TPSA) is 17.1 Å². The van der Waals surface area contributed by atoms with E-state index in [-0.39, 0.29) is 5.92 Å². The largest absolute Gasteiger partial charge is 0.299 e. The first-order valence-electron chi connectivity index (χ1n) is 4.44. The van der Waals surface area contributed by atoms with Crippen molar-refractivity contribution in [2.75, 3.05) is 0 Å². The molecule has 70 valence electrons. The summed E-state index contributed by atoms with van der Waals surface area (Å²) < 4.78 is 0. The molecule has 0 radical (unpaired) electrons. The van der Waals surface area contributed by atoms with Crippen LogP contribution in [0.3, 0.4) is 0 Å². The molecule has 3 heteroatoms. The average Bonchev–Trinajstić information content (AvgIpc) is 2.35. The van der Waals surface area contributed by atoms with E-state index in [1.165, 1.54) is 6.42 Å². The van der Waals surface area contributed by atoms with Crippen LogP contribution in [0, 0.1) is 5.92 Å².